The van der Waals surface area contributed by atoms with Crippen LogP contribution in [-0.4, -0.2) is 6.54 Å². The van der Waals surface area contributed by atoms with Crippen LogP contribution in [0.15, 0.2) is 36.4 Å². The van der Waals surface area contributed by atoms with Gasteiger partial charge in [-0.1, -0.05) is 29.8 Å². The molecule has 0 radical (unpaired) electrons. The van der Waals surface area contributed by atoms with Gasteiger partial charge in [0.05, 0.1) is 16.4 Å². The van der Waals surface area contributed by atoms with Gasteiger partial charge < -0.3 is 11.1 Å². The zero-order chi connectivity index (χ0) is 13.8. The Kier molecular flexibility index (Phi) is 4.22. The van der Waals surface area contributed by atoms with Gasteiger partial charge in [0.1, 0.15) is 11.6 Å². The minimum atomic E-state index is -0.557. The van der Waals surface area contributed by atoms with Gasteiger partial charge in [-0.25, -0.2) is 8.78 Å². The third kappa shape index (κ3) is 3.35. The molecule has 3 N–H and O–H groups in total. The number of hydrogen-bond acceptors (Lipinski definition) is 2. The lowest BCUT2D eigenvalue weighted by molar-refractivity contribution is 0.610. The molecule has 2 aromatic rings. The Hall–Kier alpha value is -1.81. The van der Waals surface area contributed by atoms with Gasteiger partial charge in [-0.05, 0) is 24.1 Å². The van der Waals surface area contributed by atoms with Crippen LogP contribution in [0.4, 0.5) is 20.2 Å². The molecule has 0 aliphatic heterocycles. The van der Waals surface area contributed by atoms with Gasteiger partial charge in [0, 0.05) is 12.6 Å². The van der Waals surface area contributed by atoms with Gasteiger partial charge in [0.15, 0.2) is 0 Å². The summed E-state index contributed by atoms with van der Waals surface area (Å²) < 4.78 is 26.5. The highest BCUT2D eigenvalue weighted by Crippen LogP contribution is 2.26. The molecule has 0 fully saturated rings. The van der Waals surface area contributed by atoms with Crippen LogP contribution in [0.3, 0.4) is 0 Å². The van der Waals surface area contributed by atoms with Crippen LogP contribution in [0.25, 0.3) is 0 Å². The number of nitrogens with two attached hydrogens (primary N) is 1. The van der Waals surface area contributed by atoms with Gasteiger partial charge >= 0.3 is 0 Å². The number of rotatable bonds is 4. The second-order valence-corrected chi connectivity index (χ2v) is 4.53. The summed E-state index contributed by atoms with van der Waals surface area (Å²) in [5, 5.41) is 3.02. The summed E-state index contributed by atoms with van der Waals surface area (Å²) in [5.74, 6) is -0.798. The Bertz CT molecular complexity index is 588. The van der Waals surface area contributed by atoms with E-state index in [1.165, 1.54) is 12.1 Å². The zero-order valence-electron chi connectivity index (χ0n) is 10.1. The molecule has 0 bridgehead atoms. The van der Waals surface area contributed by atoms with Crippen LogP contribution in [0.5, 0.6) is 0 Å². The Morgan fingerprint density at radius 3 is 2.58 bits per heavy atom. The van der Waals surface area contributed by atoms with Gasteiger partial charge in [-0.15, -0.1) is 0 Å². The Morgan fingerprint density at radius 1 is 1.11 bits per heavy atom. The van der Waals surface area contributed by atoms with E-state index in [0.29, 0.717) is 24.2 Å². The van der Waals surface area contributed by atoms with E-state index >= 15 is 0 Å². The summed E-state index contributed by atoms with van der Waals surface area (Å²) in [6, 6.07) is 9.14. The van der Waals surface area contributed by atoms with Crippen LogP contribution in [-0.2, 0) is 6.42 Å². The third-order valence-corrected chi connectivity index (χ3v) is 3.05. The number of nitrogens with one attached hydrogen (secondary N) is 1. The van der Waals surface area contributed by atoms with Crippen LogP contribution in [0, 0.1) is 11.6 Å². The first-order valence-electron chi connectivity index (χ1n) is 5.79. The van der Waals surface area contributed by atoms with Crippen LogP contribution >= 0.6 is 11.6 Å². The number of benzene rings is 2. The summed E-state index contributed by atoms with van der Waals surface area (Å²) >= 11 is 5.68. The van der Waals surface area contributed by atoms with Crippen molar-refractivity contribution in [2.45, 2.75) is 6.42 Å². The highest BCUT2D eigenvalue weighted by atomic mass is 35.5. The van der Waals surface area contributed by atoms with Gasteiger partial charge in [0.2, 0.25) is 0 Å². The lowest BCUT2D eigenvalue weighted by atomic mass is 10.1. The molecule has 19 heavy (non-hydrogen) atoms. The molecule has 2 nitrogen and oxygen atoms in total. The topological polar surface area (TPSA) is 38.0 Å². The molecule has 0 amide bonds. The van der Waals surface area contributed by atoms with Crippen LogP contribution in [0.2, 0.25) is 5.02 Å². The minimum Gasteiger partial charge on any atom is -0.397 e. The van der Waals surface area contributed by atoms with Crippen molar-refractivity contribution in [3.63, 3.8) is 0 Å². The molecule has 0 aliphatic carbocycles. The highest BCUT2D eigenvalue weighted by molar-refractivity contribution is 6.31. The standard InChI is InChI=1S/C14H13ClF2N2/c15-10-7-14(13(18)8-12(10)17)19-6-5-9-3-1-2-4-11(9)16/h1-4,7-8,19H,5-6,18H2. The summed E-state index contributed by atoms with van der Waals surface area (Å²) in [6.07, 6.45) is 0.501. The van der Waals surface area contributed by atoms with Crippen LogP contribution < -0.4 is 11.1 Å². The molecule has 0 saturated carbocycles. The lowest BCUT2D eigenvalue weighted by Gasteiger charge is -2.10. The molecule has 0 aliphatic rings. The summed E-state index contributed by atoms with van der Waals surface area (Å²) in [5.41, 5.74) is 7.09. The predicted octanol–water partition coefficient (Wildman–Crippen LogP) is 3.86. The maximum absolute atomic E-state index is 13.4. The number of anilines is 2. The first kappa shape index (κ1) is 13.6. The fraction of sp³-hybridized carbons (Fsp3) is 0.143. The van der Waals surface area contributed by atoms with Crippen molar-refractivity contribution in [2.75, 3.05) is 17.6 Å². The highest BCUT2D eigenvalue weighted by Gasteiger charge is 2.06. The largest absolute Gasteiger partial charge is 0.397 e. The average Bonchev–Trinajstić information content (AvgIpc) is 2.38. The molecule has 100 valence electrons. The predicted molar refractivity (Wildman–Crippen MR) is 74.4 cm³/mol. The maximum Gasteiger partial charge on any atom is 0.143 e. The Balaban J connectivity index is 2.00. The van der Waals surface area contributed by atoms with Crippen molar-refractivity contribution in [3.05, 3.63) is 58.6 Å². The number of halogens is 3. The molecular formula is C14H13ClF2N2. The maximum atomic E-state index is 13.4. The van der Waals surface area contributed by atoms with E-state index in [1.54, 1.807) is 18.2 Å². The van der Waals surface area contributed by atoms with E-state index in [4.69, 9.17) is 17.3 Å². The molecule has 0 unspecified atom stereocenters. The van der Waals surface area contributed by atoms with E-state index in [0.717, 1.165) is 6.07 Å². The summed E-state index contributed by atoms with van der Waals surface area (Å²) in [6.45, 7) is 0.479. The quantitative estimate of drug-likeness (QED) is 0.836. The molecule has 2 aromatic carbocycles. The molecule has 2 rings (SSSR count). The van der Waals surface area contributed by atoms with E-state index in [9.17, 15) is 8.78 Å². The first-order chi connectivity index (χ1) is 9.08. The third-order valence-electron chi connectivity index (χ3n) is 2.76. The Labute approximate surface area is 115 Å². The number of hydrogen-bond donors (Lipinski definition) is 2. The fourth-order valence-corrected chi connectivity index (χ4v) is 1.91. The first-order valence-corrected chi connectivity index (χ1v) is 6.17. The molecule has 0 aromatic heterocycles. The minimum absolute atomic E-state index is 0.00240. The van der Waals surface area contributed by atoms with E-state index in [2.05, 4.69) is 5.32 Å². The normalized spacial score (nSPS) is 10.5. The van der Waals surface area contributed by atoms with Crippen molar-refractivity contribution in [2.24, 2.45) is 0 Å². The second-order valence-electron chi connectivity index (χ2n) is 4.12. The van der Waals surface area contributed by atoms with Gasteiger partial charge in [0.25, 0.3) is 0 Å². The molecular weight excluding hydrogens is 270 g/mol. The molecule has 0 atom stereocenters. The van der Waals surface area contributed by atoms with Crippen molar-refractivity contribution < 1.29 is 8.78 Å². The van der Waals surface area contributed by atoms with Crippen molar-refractivity contribution in [3.8, 4) is 0 Å². The zero-order valence-corrected chi connectivity index (χ0v) is 10.8. The van der Waals surface area contributed by atoms with Gasteiger partial charge in [-0.2, -0.15) is 0 Å². The summed E-state index contributed by atoms with van der Waals surface area (Å²) in [7, 11) is 0. The molecule has 0 spiro atoms. The molecule has 0 saturated heterocycles. The fourth-order valence-electron chi connectivity index (χ4n) is 1.75. The van der Waals surface area contributed by atoms with Crippen molar-refractivity contribution in [1.82, 2.24) is 0 Å². The smallest absolute Gasteiger partial charge is 0.143 e. The Morgan fingerprint density at radius 2 is 1.84 bits per heavy atom. The van der Waals surface area contributed by atoms with E-state index in [1.807, 2.05) is 0 Å². The summed E-state index contributed by atoms with van der Waals surface area (Å²) in [4.78, 5) is 0. The van der Waals surface area contributed by atoms with Crippen molar-refractivity contribution >= 4 is 23.0 Å². The van der Waals surface area contributed by atoms with Crippen LogP contribution in [0.1, 0.15) is 5.56 Å². The molecule has 0 heterocycles. The average molecular weight is 283 g/mol. The van der Waals surface area contributed by atoms with Crippen molar-refractivity contribution in [1.29, 1.82) is 0 Å². The van der Waals surface area contributed by atoms with E-state index < -0.39 is 5.82 Å². The van der Waals surface area contributed by atoms with Gasteiger partial charge in [-0.3, -0.25) is 0 Å². The second kappa shape index (κ2) is 5.89. The lowest BCUT2D eigenvalue weighted by Crippen LogP contribution is -2.08. The number of nitrogen functional groups attached to an aromatic ring is 1. The molecule has 5 heteroatoms. The monoisotopic (exact) mass is 282 g/mol. The SMILES string of the molecule is Nc1cc(F)c(Cl)cc1NCCc1ccccc1F. The van der Waals surface area contributed by atoms with E-state index in [-0.39, 0.29) is 16.5 Å².